The summed E-state index contributed by atoms with van der Waals surface area (Å²) in [6.07, 6.45) is 3.40. The third-order valence-corrected chi connectivity index (χ3v) is 3.10. The number of hydrogen-bond acceptors (Lipinski definition) is 5. The summed E-state index contributed by atoms with van der Waals surface area (Å²) in [5.74, 6) is 1.88. The topological polar surface area (TPSA) is 75.2 Å². The van der Waals surface area contributed by atoms with E-state index in [1.165, 1.54) is 0 Å². The molecule has 1 aromatic carbocycles. The van der Waals surface area contributed by atoms with Crippen LogP contribution in [0.1, 0.15) is 0 Å². The summed E-state index contributed by atoms with van der Waals surface area (Å²) >= 11 is 0. The van der Waals surface area contributed by atoms with Gasteiger partial charge >= 0.3 is 0 Å². The fourth-order valence-electron chi connectivity index (χ4n) is 2.25. The van der Waals surface area contributed by atoms with Crippen LogP contribution in [0.4, 0.5) is 5.95 Å². The molecule has 1 aliphatic rings. The number of anilines is 1. The van der Waals surface area contributed by atoms with Gasteiger partial charge in [-0.15, -0.1) is 0 Å². The predicted molar refractivity (Wildman–Crippen MR) is 69.4 cm³/mol. The zero-order valence-electron chi connectivity index (χ0n) is 9.91. The van der Waals surface area contributed by atoms with Crippen LogP contribution >= 0.6 is 0 Å². The number of nitrogens with zero attached hydrogens (tertiary/aromatic N) is 3. The highest BCUT2D eigenvalue weighted by Crippen LogP contribution is 2.35. The number of hydrogen-bond donors (Lipinski definition) is 1. The van der Waals surface area contributed by atoms with Crippen LogP contribution in [0.3, 0.4) is 0 Å². The van der Waals surface area contributed by atoms with Crippen molar-refractivity contribution in [2.75, 3.05) is 12.5 Å². The van der Waals surface area contributed by atoms with E-state index in [0.717, 1.165) is 22.5 Å². The van der Waals surface area contributed by atoms with Gasteiger partial charge in [0, 0.05) is 12.3 Å². The van der Waals surface area contributed by atoms with Crippen molar-refractivity contribution in [3.63, 3.8) is 0 Å². The molecule has 6 nitrogen and oxygen atoms in total. The van der Waals surface area contributed by atoms with E-state index in [-0.39, 0.29) is 6.79 Å². The quantitative estimate of drug-likeness (QED) is 0.715. The molecule has 0 radical (unpaired) electrons. The molecule has 3 aromatic rings. The van der Waals surface area contributed by atoms with E-state index in [1.807, 2.05) is 28.8 Å². The second-order valence-corrected chi connectivity index (χ2v) is 4.21. The molecule has 0 saturated heterocycles. The molecule has 0 amide bonds. The Hall–Kier alpha value is -2.76. The molecule has 0 bridgehead atoms. The summed E-state index contributed by atoms with van der Waals surface area (Å²) in [6, 6.07) is 7.55. The number of aromatic nitrogens is 3. The van der Waals surface area contributed by atoms with E-state index in [4.69, 9.17) is 15.2 Å². The van der Waals surface area contributed by atoms with Gasteiger partial charge in [-0.2, -0.15) is 0 Å². The van der Waals surface area contributed by atoms with Crippen molar-refractivity contribution in [1.82, 2.24) is 14.5 Å². The van der Waals surface area contributed by atoms with Gasteiger partial charge < -0.3 is 15.2 Å². The van der Waals surface area contributed by atoms with E-state index in [0.29, 0.717) is 11.7 Å². The third kappa shape index (κ3) is 1.43. The summed E-state index contributed by atoms with van der Waals surface area (Å²) in [6.45, 7) is 0.253. The molecule has 0 unspecified atom stereocenters. The van der Waals surface area contributed by atoms with Gasteiger partial charge in [-0.05, 0) is 18.2 Å². The van der Waals surface area contributed by atoms with Gasteiger partial charge in [-0.25, -0.2) is 4.98 Å². The Kier molecular flexibility index (Phi) is 1.94. The molecule has 1 aliphatic heterocycles. The highest BCUT2D eigenvalue weighted by molar-refractivity contribution is 5.80. The average molecular weight is 254 g/mol. The van der Waals surface area contributed by atoms with Crippen LogP contribution in [0.25, 0.3) is 16.7 Å². The normalized spacial score (nSPS) is 13.1. The monoisotopic (exact) mass is 254 g/mol. The van der Waals surface area contributed by atoms with Crippen LogP contribution < -0.4 is 15.2 Å². The van der Waals surface area contributed by atoms with Gasteiger partial charge in [-0.3, -0.25) is 9.55 Å². The molecule has 0 atom stereocenters. The summed E-state index contributed by atoms with van der Waals surface area (Å²) in [5, 5.41) is 0. The fourth-order valence-corrected chi connectivity index (χ4v) is 2.25. The van der Waals surface area contributed by atoms with Crippen molar-refractivity contribution < 1.29 is 9.47 Å². The van der Waals surface area contributed by atoms with Gasteiger partial charge in [0.1, 0.15) is 5.52 Å². The number of fused-ring (bicyclic) bond motifs is 2. The minimum atomic E-state index is 0.253. The molecule has 3 heterocycles. The molecule has 0 aliphatic carbocycles. The number of nitrogens with two attached hydrogens (primary N) is 1. The van der Waals surface area contributed by atoms with Crippen molar-refractivity contribution in [3.05, 3.63) is 36.7 Å². The first-order valence-electron chi connectivity index (χ1n) is 5.81. The summed E-state index contributed by atoms with van der Waals surface area (Å²) in [7, 11) is 0. The van der Waals surface area contributed by atoms with E-state index in [9.17, 15) is 0 Å². The van der Waals surface area contributed by atoms with Gasteiger partial charge in [-0.1, -0.05) is 0 Å². The van der Waals surface area contributed by atoms with Crippen molar-refractivity contribution in [2.24, 2.45) is 0 Å². The molecule has 94 valence electrons. The fraction of sp³-hybridized carbons (Fsp3) is 0.0769. The lowest BCUT2D eigenvalue weighted by molar-refractivity contribution is 0.174. The zero-order valence-corrected chi connectivity index (χ0v) is 9.91. The third-order valence-electron chi connectivity index (χ3n) is 3.10. The van der Waals surface area contributed by atoms with E-state index >= 15 is 0 Å². The maximum absolute atomic E-state index is 5.98. The van der Waals surface area contributed by atoms with Crippen molar-refractivity contribution in [2.45, 2.75) is 0 Å². The number of imidazole rings is 1. The second-order valence-electron chi connectivity index (χ2n) is 4.21. The Labute approximate surface area is 108 Å². The Morgan fingerprint density at radius 2 is 2.05 bits per heavy atom. The number of pyridine rings is 1. The van der Waals surface area contributed by atoms with Gasteiger partial charge in [0.2, 0.25) is 12.7 Å². The first kappa shape index (κ1) is 10.2. The van der Waals surface area contributed by atoms with Crippen molar-refractivity contribution in [1.29, 1.82) is 0 Å². The van der Waals surface area contributed by atoms with E-state index < -0.39 is 0 Å². The van der Waals surface area contributed by atoms with Crippen molar-refractivity contribution >= 4 is 17.0 Å². The summed E-state index contributed by atoms with van der Waals surface area (Å²) < 4.78 is 12.5. The maximum Gasteiger partial charge on any atom is 0.231 e. The first-order chi connectivity index (χ1) is 9.33. The minimum absolute atomic E-state index is 0.253. The molecule has 0 saturated carbocycles. The number of benzene rings is 1. The van der Waals surface area contributed by atoms with Crippen LogP contribution in [0, 0.1) is 0 Å². The molecule has 2 aromatic heterocycles. The van der Waals surface area contributed by atoms with Gasteiger partial charge in [0.15, 0.2) is 11.5 Å². The Morgan fingerprint density at radius 1 is 1.16 bits per heavy atom. The first-order valence-corrected chi connectivity index (χ1v) is 5.81. The molecule has 0 fully saturated rings. The molecule has 0 spiro atoms. The zero-order chi connectivity index (χ0) is 12.8. The summed E-state index contributed by atoms with van der Waals surface area (Å²) in [4.78, 5) is 8.33. The van der Waals surface area contributed by atoms with Crippen LogP contribution in [0.15, 0.2) is 36.7 Å². The van der Waals surface area contributed by atoms with E-state index in [1.54, 1.807) is 12.4 Å². The van der Waals surface area contributed by atoms with Crippen LogP contribution in [-0.4, -0.2) is 21.3 Å². The number of rotatable bonds is 1. The SMILES string of the molecule is Nc1nc2cnccc2n1-c1ccc2c(c1)OCO2. The minimum Gasteiger partial charge on any atom is -0.454 e. The number of ether oxygens (including phenoxy) is 2. The largest absolute Gasteiger partial charge is 0.454 e. The van der Waals surface area contributed by atoms with Crippen LogP contribution in [-0.2, 0) is 0 Å². The van der Waals surface area contributed by atoms with Gasteiger partial charge in [0.05, 0.1) is 17.4 Å². The van der Waals surface area contributed by atoms with E-state index in [2.05, 4.69) is 9.97 Å². The van der Waals surface area contributed by atoms with Crippen molar-refractivity contribution in [3.8, 4) is 17.2 Å². The molecule has 19 heavy (non-hydrogen) atoms. The molecular formula is C13H10N4O2. The van der Waals surface area contributed by atoms with Crippen LogP contribution in [0.2, 0.25) is 0 Å². The molecule has 6 heteroatoms. The molecule has 2 N–H and O–H groups in total. The maximum atomic E-state index is 5.98. The Balaban J connectivity index is 1.97. The average Bonchev–Trinajstić information content (AvgIpc) is 3.00. The predicted octanol–water partition coefficient (Wildman–Crippen LogP) is 1.73. The molecule has 4 rings (SSSR count). The smallest absolute Gasteiger partial charge is 0.231 e. The summed E-state index contributed by atoms with van der Waals surface area (Å²) in [5.41, 5.74) is 8.54. The lowest BCUT2D eigenvalue weighted by Crippen LogP contribution is -2.00. The van der Waals surface area contributed by atoms with Gasteiger partial charge in [0.25, 0.3) is 0 Å². The highest BCUT2D eigenvalue weighted by atomic mass is 16.7. The standard InChI is InChI=1S/C13H10N4O2/c14-13-16-9-6-15-4-3-10(9)17(13)8-1-2-11-12(5-8)19-7-18-11/h1-6H,7H2,(H2,14,16). The Morgan fingerprint density at radius 3 is 3.00 bits per heavy atom. The molecular weight excluding hydrogens is 244 g/mol. The second kappa shape index (κ2) is 3.61. The Bertz CT molecular complexity index is 781. The lowest BCUT2D eigenvalue weighted by Gasteiger charge is -2.07. The highest BCUT2D eigenvalue weighted by Gasteiger charge is 2.16. The lowest BCUT2D eigenvalue weighted by atomic mass is 10.2. The number of nitrogen functional groups attached to an aromatic ring is 1. The van der Waals surface area contributed by atoms with Crippen LogP contribution in [0.5, 0.6) is 11.5 Å².